The highest BCUT2D eigenvalue weighted by Crippen LogP contribution is 2.35. The Labute approximate surface area is 188 Å². The van der Waals surface area contributed by atoms with Crippen LogP contribution >= 0.6 is 34.4 Å². The predicted octanol–water partition coefficient (Wildman–Crippen LogP) is 5.30. The van der Waals surface area contributed by atoms with Crippen LogP contribution in [-0.2, 0) is 11.3 Å². The van der Waals surface area contributed by atoms with E-state index >= 15 is 0 Å². The van der Waals surface area contributed by atoms with Crippen LogP contribution in [-0.4, -0.2) is 26.8 Å². The van der Waals surface area contributed by atoms with Crippen molar-refractivity contribution in [3.63, 3.8) is 0 Å². The van der Waals surface area contributed by atoms with Crippen LogP contribution in [0.5, 0.6) is 0 Å². The van der Waals surface area contributed by atoms with Gasteiger partial charge in [0.1, 0.15) is 4.83 Å². The molecule has 4 rings (SSSR count). The van der Waals surface area contributed by atoms with Crippen molar-refractivity contribution < 1.29 is 4.79 Å². The smallest absolute Gasteiger partial charge is 0.263 e. The topological polar surface area (TPSA) is 64.0 Å². The lowest BCUT2D eigenvalue weighted by Crippen LogP contribution is -2.40. The minimum atomic E-state index is -0.330. The van der Waals surface area contributed by atoms with Crippen molar-refractivity contribution in [3.05, 3.63) is 45.9 Å². The van der Waals surface area contributed by atoms with Gasteiger partial charge in [-0.05, 0) is 31.2 Å². The number of carbonyl (C=O) groups excluding carboxylic acids is 1. The highest BCUT2D eigenvalue weighted by atomic mass is 32.2. The van der Waals surface area contributed by atoms with E-state index in [1.807, 2.05) is 29.8 Å². The van der Waals surface area contributed by atoms with Crippen molar-refractivity contribution in [3.8, 4) is 10.4 Å². The first-order chi connectivity index (χ1) is 14.6. The van der Waals surface area contributed by atoms with E-state index in [2.05, 4.69) is 11.9 Å². The standard InChI is InChI=1S/C22H25N3O2S3/c1-3-11-25-21(27)18-16(17-10-7-12-28-17)13-29-20(18)24-22(25)30-14(2)19(26)23-15-8-5-4-6-9-15/h3,7,10,12-15H,1,4-6,8-9,11H2,2H3,(H,23,26). The van der Waals surface area contributed by atoms with Gasteiger partial charge < -0.3 is 5.32 Å². The molecule has 1 aliphatic carbocycles. The summed E-state index contributed by atoms with van der Waals surface area (Å²) in [5.74, 6) is 0.0110. The number of hydrogen-bond donors (Lipinski definition) is 1. The van der Waals surface area contributed by atoms with E-state index in [9.17, 15) is 9.59 Å². The number of fused-ring (bicyclic) bond motifs is 1. The van der Waals surface area contributed by atoms with Crippen molar-refractivity contribution in [1.82, 2.24) is 14.9 Å². The van der Waals surface area contributed by atoms with Gasteiger partial charge in [0.05, 0.1) is 10.6 Å². The first-order valence-corrected chi connectivity index (χ1v) is 12.9. The van der Waals surface area contributed by atoms with E-state index in [0.29, 0.717) is 21.9 Å². The van der Waals surface area contributed by atoms with Crippen molar-refractivity contribution >= 4 is 50.6 Å². The maximum atomic E-state index is 13.4. The molecule has 0 spiro atoms. The summed E-state index contributed by atoms with van der Waals surface area (Å²) < 4.78 is 1.63. The van der Waals surface area contributed by atoms with Crippen LogP contribution in [0, 0.1) is 0 Å². The van der Waals surface area contributed by atoms with Crippen molar-refractivity contribution in [2.45, 2.75) is 62.0 Å². The van der Waals surface area contributed by atoms with Crippen LogP contribution in [0.15, 0.2) is 45.5 Å². The molecule has 158 valence electrons. The Bertz CT molecular complexity index is 1090. The lowest BCUT2D eigenvalue weighted by Gasteiger charge is -2.24. The van der Waals surface area contributed by atoms with Crippen LogP contribution in [0.1, 0.15) is 39.0 Å². The minimum Gasteiger partial charge on any atom is -0.352 e. The molecule has 1 unspecified atom stereocenters. The van der Waals surface area contributed by atoms with E-state index in [4.69, 9.17) is 4.98 Å². The first-order valence-electron chi connectivity index (χ1n) is 10.2. The quantitative estimate of drug-likeness (QED) is 0.296. The normalized spacial score (nSPS) is 15.9. The fourth-order valence-electron chi connectivity index (χ4n) is 3.78. The van der Waals surface area contributed by atoms with Crippen LogP contribution in [0.25, 0.3) is 20.7 Å². The number of nitrogens with zero attached hydrogens (tertiary/aromatic N) is 2. The first kappa shape index (κ1) is 21.3. The van der Waals surface area contributed by atoms with Gasteiger partial charge in [0.25, 0.3) is 5.56 Å². The molecule has 1 saturated carbocycles. The van der Waals surface area contributed by atoms with Gasteiger partial charge in [0, 0.05) is 28.4 Å². The summed E-state index contributed by atoms with van der Waals surface area (Å²) >= 11 is 4.43. The molecule has 1 aliphatic rings. The number of thiophene rings is 2. The third kappa shape index (κ3) is 4.40. The summed E-state index contributed by atoms with van der Waals surface area (Å²) in [6.45, 7) is 6.04. The Kier molecular flexibility index (Phi) is 6.75. The zero-order valence-electron chi connectivity index (χ0n) is 16.9. The molecular weight excluding hydrogens is 434 g/mol. The minimum absolute atomic E-state index is 0.0110. The average Bonchev–Trinajstić information content (AvgIpc) is 3.41. The fourth-order valence-corrected chi connectivity index (χ4v) is 6.51. The Morgan fingerprint density at radius 3 is 2.90 bits per heavy atom. The van der Waals surface area contributed by atoms with Gasteiger partial charge in [-0.1, -0.05) is 43.2 Å². The second-order valence-corrected chi connectivity index (χ2v) is 10.6. The summed E-state index contributed by atoms with van der Waals surface area (Å²) in [5.41, 5.74) is 0.854. The summed E-state index contributed by atoms with van der Waals surface area (Å²) in [7, 11) is 0. The summed E-state index contributed by atoms with van der Waals surface area (Å²) in [5, 5.41) is 8.06. The number of allylic oxidation sites excluding steroid dienone is 1. The second kappa shape index (κ2) is 9.49. The molecule has 0 saturated heterocycles. The number of hydrogen-bond acceptors (Lipinski definition) is 6. The van der Waals surface area contributed by atoms with E-state index in [0.717, 1.165) is 23.3 Å². The SMILES string of the molecule is C=CCn1c(SC(C)C(=O)NC2CCCCC2)nc2scc(-c3cccs3)c2c1=O. The van der Waals surface area contributed by atoms with Crippen molar-refractivity contribution in [2.75, 3.05) is 0 Å². The largest absolute Gasteiger partial charge is 0.352 e. The van der Waals surface area contributed by atoms with E-state index in [1.54, 1.807) is 22.0 Å². The summed E-state index contributed by atoms with van der Waals surface area (Å²) in [6, 6.07) is 4.27. The summed E-state index contributed by atoms with van der Waals surface area (Å²) in [6.07, 6.45) is 7.40. The third-order valence-electron chi connectivity index (χ3n) is 5.36. The molecule has 1 amide bonds. The molecule has 0 bridgehead atoms. The molecule has 1 atom stereocenters. The molecule has 0 radical (unpaired) electrons. The van der Waals surface area contributed by atoms with Crippen LogP contribution in [0.4, 0.5) is 0 Å². The van der Waals surface area contributed by atoms with Crippen molar-refractivity contribution in [1.29, 1.82) is 0 Å². The zero-order chi connectivity index (χ0) is 21.1. The molecule has 1 fully saturated rings. The maximum Gasteiger partial charge on any atom is 0.263 e. The number of amides is 1. The van der Waals surface area contributed by atoms with E-state index < -0.39 is 0 Å². The lowest BCUT2D eigenvalue weighted by atomic mass is 9.95. The molecule has 3 aromatic rings. The van der Waals surface area contributed by atoms with E-state index in [-0.39, 0.29) is 22.8 Å². The highest BCUT2D eigenvalue weighted by Gasteiger charge is 2.24. The number of rotatable bonds is 7. The number of aromatic nitrogens is 2. The van der Waals surface area contributed by atoms with E-state index in [1.165, 1.54) is 42.4 Å². The molecule has 8 heteroatoms. The Balaban J connectivity index is 1.63. The number of nitrogens with one attached hydrogen (secondary N) is 1. The number of carbonyl (C=O) groups is 1. The molecule has 30 heavy (non-hydrogen) atoms. The summed E-state index contributed by atoms with van der Waals surface area (Å²) in [4.78, 5) is 32.6. The van der Waals surface area contributed by atoms with Crippen LogP contribution < -0.4 is 10.9 Å². The third-order valence-corrected chi connectivity index (χ3v) is 8.23. The van der Waals surface area contributed by atoms with Gasteiger partial charge in [-0.25, -0.2) is 4.98 Å². The van der Waals surface area contributed by atoms with Crippen LogP contribution in [0.2, 0.25) is 0 Å². The Hall–Kier alpha value is -1.90. The molecular formula is C22H25N3O2S3. The van der Waals surface area contributed by atoms with Gasteiger partial charge in [0.2, 0.25) is 5.91 Å². The average molecular weight is 460 g/mol. The van der Waals surface area contributed by atoms with Gasteiger partial charge in [-0.15, -0.1) is 29.3 Å². The van der Waals surface area contributed by atoms with Gasteiger partial charge >= 0.3 is 0 Å². The number of thioether (sulfide) groups is 1. The molecule has 0 aromatic carbocycles. The fraction of sp³-hybridized carbons (Fsp3) is 0.409. The van der Waals surface area contributed by atoms with Gasteiger partial charge in [0.15, 0.2) is 5.16 Å². The Morgan fingerprint density at radius 2 is 2.20 bits per heavy atom. The van der Waals surface area contributed by atoms with Gasteiger partial charge in [-0.3, -0.25) is 14.2 Å². The zero-order valence-corrected chi connectivity index (χ0v) is 19.4. The highest BCUT2D eigenvalue weighted by molar-refractivity contribution is 8.00. The van der Waals surface area contributed by atoms with Gasteiger partial charge in [-0.2, -0.15) is 0 Å². The van der Waals surface area contributed by atoms with Crippen molar-refractivity contribution in [2.24, 2.45) is 0 Å². The molecule has 3 heterocycles. The molecule has 5 nitrogen and oxygen atoms in total. The monoisotopic (exact) mass is 459 g/mol. The molecule has 1 N–H and O–H groups in total. The predicted molar refractivity (Wildman–Crippen MR) is 128 cm³/mol. The molecule has 0 aliphatic heterocycles. The second-order valence-electron chi connectivity index (χ2n) is 7.51. The Morgan fingerprint density at radius 1 is 1.40 bits per heavy atom. The maximum absolute atomic E-state index is 13.4. The molecule has 3 aromatic heterocycles. The lowest BCUT2D eigenvalue weighted by molar-refractivity contribution is -0.121. The van der Waals surface area contributed by atoms with Crippen LogP contribution in [0.3, 0.4) is 0 Å².